The minimum Gasteiger partial charge on any atom is -0.466 e. The Labute approximate surface area is 89.8 Å². The highest BCUT2D eigenvalue weighted by Crippen LogP contribution is 1.98. The number of rotatable bonds is 4. The number of esters is 1. The van der Waals surface area contributed by atoms with Gasteiger partial charge in [-0.1, -0.05) is 30.3 Å². The second-order valence-corrected chi connectivity index (χ2v) is 3.19. The Hall–Kier alpha value is -1.77. The Balaban J connectivity index is 2.42. The molecule has 0 atom stereocenters. The molecule has 0 saturated carbocycles. The second-order valence-electron chi connectivity index (χ2n) is 3.19. The molecule has 0 aliphatic carbocycles. The van der Waals surface area contributed by atoms with Crippen LogP contribution in [0.3, 0.4) is 0 Å². The number of benzene rings is 1. The summed E-state index contributed by atoms with van der Waals surface area (Å²) in [5.74, 6) is -0.310. The molecule has 0 saturated heterocycles. The summed E-state index contributed by atoms with van der Waals surface area (Å²) < 4.78 is 4.57. The van der Waals surface area contributed by atoms with E-state index in [0.717, 1.165) is 0 Å². The molecule has 1 aromatic carbocycles. The third-order valence-corrected chi connectivity index (χ3v) is 1.97. The molecule has 0 unspecified atom stereocenters. The van der Waals surface area contributed by atoms with Crippen LogP contribution in [0.5, 0.6) is 0 Å². The summed E-state index contributed by atoms with van der Waals surface area (Å²) in [5, 5.41) is 3.05. The van der Waals surface area contributed by atoms with E-state index in [1.165, 1.54) is 12.7 Å². The van der Waals surface area contributed by atoms with E-state index >= 15 is 0 Å². The van der Waals surface area contributed by atoms with Crippen molar-refractivity contribution in [2.45, 2.75) is 13.5 Å². The normalized spacial score (nSPS) is 10.9. The van der Waals surface area contributed by atoms with Gasteiger partial charge >= 0.3 is 5.97 Å². The molecule has 15 heavy (non-hydrogen) atoms. The van der Waals surface area contributed by atoms with E-state index in [4.69, 9.17) is 0 Å². The van der Waals surface area contributed by atoms with Crippen molar-refractivity contribution in [3.8, 4) is 0 Å². The fourth-order valence-electron chi connectivity index (χ4n) is 1.14. The van der Waals surface area contributed by atoms with Crippen molar-refractivity contribution < 1.29 is 9.53 Å². The smallest absolute Gasteiger partial charge is 0.334 e. The second kappa shape index (κ2) is 5.86. The van der Waals surface area contributed by atoms with Gasteiger partial charge in [0.1, 0.15) is 0 Å². The van der Waals surface area contributed by atoms with Crippen LogP contribution in [0.4, 0.5) is 0 Å². The standard InChI is InChI=1S/C12H15NO2/c1-10(12(14)15-2)8-13-9-11-6-4-3-5-7-11/h3-8,13H,9H2,1-2H3/b10-8-. The average molecular weight is 205 g/mol. The number of carbonyl (C=O) groups excluding carboxylic acids is 1. The van der Waals surface area contributed by atoms with Crippen molar-refractivity contribution >= 4 is 5.97 Å². The van der Waals surface area contributed by atoms with Crippen LogP contribution in [0.1, 0.15) is 12.5 Å². The van der Waals surface area contributed by atoms with Crippen molar-refractivity contribution in [3.05, 3.63) is 47.7 Å². The van der Waals surface area contributed by atoms with E-state index in [1.54, 1.807) is 13.1 Å². The van der Waals surface area contributed by atoms with Crippen LogP contribution in [-0.2, 0) is 16.1 Å². The Bertz CT molecular complexity index is 344. The highest BCUT2D eigenvalue weighted by molar-refractivity contribution is 5.87. The molecule has 1 rings (SSSR count). The van der Waals surface area contributed by atoms with E-state index in [9.17, 15) is 4.79 Å². The van der Waals surface area contributed by atoms with E-state index in [2.05, 4.69) is 10.1 Å². The summed E-state index contributed by atoms with van der Waals surface area (Å²) in [4.78, 5) is 11.0. The molecule has 80 valence electrons. The summed E-state index contributed by atoms with van der Waals surface area (Å²) in [5.41, 5.74) is 1.74. The van der Waals surface area contributed by atoms with Gasteiger partial charge in [-0.05, 0) is 12.5 Å². The lowest BCUT2D eigenvalue weighted by molar-refractivity contribution is -0.136. The summed E-state index contributed by atoms with van der Waals surface area (Å²) in [6, 6.07) is 9.98. The van der Waals surface area contributed by atoms with Crippen LogP contribution in [0, 0.1) is 0 Å². The molecule has 0 amide bonds. The SMILES string of the molecule is COC(=O)/C(C)=C\NCc1ccccc1. The zero-order valence-electron chi connectivity index (χ0n) is 8.99. The molecule has 0 spiro atoms. The van der Waals surface area contributed by atoms with Gasteiger partial charge in [-0.25, -0.2) is 4.79 Å². The van der Waals surface area contributed by atoms with Gasteiger partial charge in [0.2, 0.25) is 0 Å². The molecule has 1 N–H and O–H groups in total. The molecule has 0 aliphatic rings. The van der Waals surface area contributed by atoms with Crippen LogP contribution >= 0.6 is 0 Å². The first kappa shape index (κ1) is 11.3. The molecule has 0 radical (unpaired) electrons. The molecule has 0 fully saturated rings. The van der Waals surface area contributed by atoms with Gasteiger partial charge in [0.05, 0.1) is 7.11 Å². The third-order valence-electron chi connectivity index (χ3n) is 1.97. The summed E-state index contributed by atoms with van der Waals surface area (Å²) >= 11 is 0. The van der Waals surface area contributed by atoms with Gasteiger partial charge in [-0.15, -0.1) is 0 Å². The number of carbonyl (C=O) groups is 1. The van der Waals surface area contributed by atoms with Crippen molar-refractivity contribution in [2.24, 2.45) is 0 Å². The van der Waals surface area contributed by atoms with Crippen LogP contribution in [0.25, 0.3) is 0 Å². The van der Waals surface area contributed by atoms with E-state index in [-0.39, 0.29) is 5.97 Å². The minimum absolute atomic E-state index is 0.310. The minimum atomic E-state index is -0.310. The van der Waals surface area contributed by atoms with Gasteiger partial charge in [-0.3, -0.25) is 0 Å². The highest BCUT2D eigenvalue weighted by atomic mass is 16.5. The summed E-state index contributed by atoms with van der Waals surface area (Å²) in [6.45, 7) is 2.42. The van der Waals surface area contributed by atoms with Crippen molar-refractivity contribution in [1.29, 1.82) is 0 Å². The Morgan fingerprint density at radius 3 is 2.67 bits per heavy atom. The molecule has 3 nitrogen and oxygen atoms in total. The van der Waals surface area contributed by atoms with Crippen LogP contribution in [-0.4, -0.2) is 13.1 Å². The first-order valence-corrected chi connectivity index (χ1v) is 4.76. The predicted octanol–water partition coefficient (Wildman–Crippen LogP) is 1.85. The van der Waals surface area contributed by atoms with Crippen molar-refractivity contribution in [1.82, 2.24) is 5.32 Å². The van der Waals surface area contributed by atoms with Gasteiger partial charge in [0.15, 0.2) is 0 Å². The molecule has 0 aromatic heterocycles. The lowest BCUT2D eigenvalue weighted by atomic mass is 10.2. The van der Waals surface area contributed by atoms with E-state index < -0.39 is 0 Å². The van der Waals surface area contributed by atoms with Gasteiger partial charge in [0, 0.05) is 18.3 Å². The topological polar surface area (TPSA) is 38.3 Å². The Morgan fingerprint density at radius 1 is 1.40 bits per heavy atom. The van der Waals surface area contributed by atoms with Gasteiger partial charge < -0.3 is 10.1 Å². The maximum atomic E-state index is 11.0. The fraction of sp³-hybridized carbons (Fsp3) is 0.250. The van der Waals surface area contributed by atoms with Crippen molar-refractivity contribution in [2.75, 3.05) is 7.11 Å². The Kier molecular flexibility index (Phi) is 4.41. The number of methoxy groups -OCH3 is 1. The molecule has 0 bridgehead atoms. The molecule has 0 aliphatic heterocycles. The van der Waals surface area contributed by atoms with Crippen molar-refractivity contribution in [3.63, 3.8) is 0 Å². The number of ether oxygens (including phenoxy) is 1. The first-order valence-electron chi connectivity index (χ1n) is 4.76. The zero-order chi connectivity index (χ0) is 11.1. The molecule has 1 aromatic rings. The van der Waals surface area contributed by atoms with E-state index in [1.807, 2.05) is 30.3 Å². The van der Waals surface area contributed by atoms with Gasteiger partial charge in [-0.2, -0.15) is 0 Å². The molecule has 3 heteroatoms. The monoisotopic (exact) mass is 205 g/mol. The molecular weight excluding hydrogens is 190 g/mol. The quantitative estimate of drug-likeness (QED) is 0.602. The van der Waals surface area contributed by atoms with Crippen LogP contribution in [0.2, 0.25) is 0 Å². The van der Waals surface area contributed by atoms with Crippen LogP contribution < -0.4 is 5.32 Å². The largest absolute Gasteiger partial charge is 0.466 e. The zero-order valence-corrected chi connectivity index (χ0v) is 8.99. The lowest BCUT2D eigenvalue weighted by Crippen LogP contribution is -2.09. The number of hydrogen-bond donors (Lipinski definition) is 1. The molecular formula is C12H15NO2. The summed E-state index contributed by atoms with van der Waals surface area (Å²) in [7, 11) is 1.37. The molecule has 0 heterocycles. The fourth-order valence-corrected chi connectivity index (χ4v) is 1.14. The lowest BCUT2D eigenvalue weighted by Gasteiger charge is -2.02. The first-order chi connectivity index (χ1) is 7.24. The maximum absolute atomic E-state index is 11.0. The predicted molar refractivity (Wildman–Crippen MR) is 59.1 cm³/mol. The number of nitrogens with one attached hydrogen (secondary N) is 1. The summed E-state index contributed by atoms with van der Waals surface area (Å²) in [6.07, 6.45) is 1.67. The van der Waals surface area contributed by atoms with Gasteiger partial charge in [0.25, 0.3) is 0 Å². The third kappa shape index (κ3) is 3.85. The van der Waals surface area contributed by atoms with Crippen LogP contribution in [0.15, 0.2) is 42.1 Å². The van der Waals surface area contributed by atoms with E-state index in [0.29, 0.717) is 12.1 Å². The Morgan fingerprint density at radius 2 is 2.07 bits per heavy atom. The highest BCUT2D eigenvalue weighted by Gasteiger charge is 2.01. The maximum Gasteiger partial charge on any atom is 0.334 e. The number of hydrogen-bond acceptors (Lipinski definition) is 3. The average Bonchev–Trinajstić information content (AvgIpc) is 2.29.